The van der Waals surface area contributed by atoms with E-state index >= 15 is 0 Å². The van der Waals surface area contributed by atoms with E-state index in [1.807, 2.05) is 24.4 Å². The third kappa shape index (κ3) is 3.65. The molecule has 5 rings (SSSR count). The molecule has 0 radical (unpaired) electrons. The minimum absolute atomic E-state index is 0.0299. The third-order valence-corrected chi connectivity index (χ3v) is 5.26. The molecule has 0 bridgehead atoms. The van der Waals surface area contributed by atoms with Crippen LogP contribution in [0.15, 0.2) is 36.7 Å². The van der Waals surface area contributed by atoms with Crippen LogP contribution in [0.25, 0.3) is 16.6 Å². The van der Waals surface area contributed by atoms with E-state index in [2.05, 4.69) is 26.8 Å². The van der Waals surface area contributed by atoms with Gasteiger partial charge in [0.05, 0.1) is 11.7 Å². The van der Waals surface area contributed by atoms with Crippen molar-refractivity contribution in [2.24, 2.45) is 5.92 Å². The van der Waals surface area contributed by atoms with Crippen molar-refractivity contribution in [3.8, 4) is 22.9 Å². The number of anilines is 1. The molecule has 1 aliphatic heterocycles. The van der Waals surface area contributed by atoms with Gasteiger partial charge in [-0.05, 0) is 49.6 Å². The maximum Gasteiger partial charge on any atom is 0.228 e. The molecule has 8 heteroatoms. The van der Waals surface area contributed by atoms with Gasteiger partial charge in [0, 0.05) is 30.3 Å². The second-order valence-electron chi connectivity index (χ2n) is 7.49. The molecule has 29 heavy (non-hydrogen) atoms. The molecular formula is C21H20N6O2. The molecule has 4 heterocycles. The highest BCUT2D eigenvalue weighted by Gasteiger charge is 2.30. The second-order valence-corrected chi connectivity index (χ2v) is 7.49. The summed E-state index contributed by atoms with van der Waals surface area (Å²) in [6, 6.07) is 9.57. The van der Waals surface area contributed by atoms with Crippen LogP contribution in [0.1, 0.15) is 25.0 Å². The number of fused-ring (bicyclic) bond motifs is 1. The van der Waals surface area contributed by atoms with Crippen molar-refractivity contribution in [1.29, 1.82) is 5.26 Å². The Bertz CT molecular complexity index is 1120. The van der Waals surface area contributed by atoms with Crippen LogP contribution in [0, 0.1) is 17.2 Å². The lowest BCUT2D eigenvalue weighted by molar-refractivity contribution is -0.117. The fourth-order valence-electron chi connectivity index (χ4n) is 3.53. The van der Waals surface area contributed by atoms with E-state index in [4.69, 9.17) is 4.74 Å². The van der Waals surface area contributed by atoms with Crippen LogP contribution in [-0.2, 0) is 4.79 Å². The molecule has 0 spiro atoms. The number of nitrogens with zero attached hydrogens (tertiary/aromatic N) is 4. The Morgan fingerprint density at radius 1 is 1.31 bits per heavy atom. The number of carbonyl (C=O) groups is 1. The van der Waals surface area contributed by atoms with E-state index in [1.165, 1.54) is 0 Å². The third-order valence-electron chi connectivity index (χ3n) is 5.26. The van der Waals surface area contributed by atoms with E-state index in [-0.39, 0.29) is 17.9 Å². The van der Waals surface area contributed by atoms with E-state index in [0.717, 1.165) is 49.0 Å². The monoisotopic (exact) mass is 388 g/mol. The molecule has 1 atom stereocenters. The van der Waals surface area contributed by atoms with E-state index in [9.17, 15) is 10.1 Å². The van der Waals surface area contributed by atoms with Crippen molar-refractivity contribution < 1.29 is 9.53 Å². The van der Waals surface area contributed by atoms with Gasteiger partial charge < -0.3 is 15.4 Å². The highest BCUT2D eigenvalue weighted by molar-refractivity contribution is 5.93. The summed E-state index contributed by atoms with van der Waals surface area (Å²) in [5, 5.41) is 19.9. The summed E-state index contributed by atoms with van der Waals surface area (Å²) in [6.07, 6.45) is 6.38. The topological polar surface area (TPSA) is 104 Å². The van der Waals surface area contributed by atoms with Crippen molar-refractivity contribution >= 4 is 17.2 Å². The number of hydrogen-bond acceptors (Lipinski definition) is 6. The van der Waals surface area contributed by atoms with Crippen LogP contribution in [0.2, 0.25) is 0 Å². The van der Waals surface area contributed by atoms with Gasteiger partial charge in [-0.25, -0.2) is 9.50 Å². The van der Waals surface area contributed by atoms with Gasteiger partial charge in [0.1, 0.15) is 23.6 Å². The molecule has 3 aromatic rings. The van der Waals surface area contributed by atoms with E-state index in [0.29, 0.717) is 17.3 Å². The maximum atomic E-state index is 12.0. The number of hydrogen-bond donors (Lipinski definition) is 2. The lowest BCUT2D eigenvalue weighted by Gasteiger charge is -2.16. The van der Waals surface area contributed by atoms with Crippen LogP contribution >= 0.6 is 0 Å². The fraction of sp³-hybridized carbons (Fsp3) is 0.333. The van der Waals surface area contributed by atoms with Crippen LogP contribution in [0.4, 0.5) is 5.82 Å². The number of amides is 1. The minimum Gasteiger partial charge on any atom is -0.487 e. The van der Waals surface area contributed by atoms with Crippen molar-refractivity contribution in [1.82, 2.24) is 19.9 Å². The highest BCUT2D eigenvalue weighted by atomic mass is 16.5. The molecule has 8 nitrogen and oxygen atoms in total. The number of aromatic nitrogens is 3. The lowest BCUT2D eigenvalue weighted by Crippen LogP contribution is -2.20. The van der Waals surface area contributed by atoms with Gasteiger partial charge >= 0.3 is 0 Å². The van der Waals surface area contributed by atoms with Crippen molar-refractivity contribution in [3.63, 3.8) is 0 Å². The highest BCUT2D eigenvalue weighted by Crippen LogP contribution is 2.33. The normalized spacial score (nSPS) is 18.5. The number of carbonyl (C=O) groups excluding carboxylic acids is 1. The van der Waals surface area contributed by atoms with E-state index < -0.39 is 0 Å². The molecular weight excluding hydrogens is 368 g/mol. The number of pyridine rings is 2. The number of rotatable bonds is 5. The molecule has 0 unspecified atom stereocenters. The Labute approximate surface area is 167 Å². The Morgan fingerprint density at radius 3 is 2.97 bits per heavy atom. The van der Waals surface area contributed by atoms with Crippen LogP contribution < -0.4 is 15.4 Å². The first kappa shape index (κ1) is 17.6. The zero-order valence-corrected chi connectivity index (χ0v) is 15.8. The summed E-state index contributed by atoms with van der Waals surface area (Å²) in [4.78, 5) is 16.2. The molecule has 2 N–H and O–H groups in total. The summed E-state index contributed by atoms with van der Waals surface area (Å²) in [6.45, 7) is 1.73. The average Bonchev–Trinajstić information content (AvgIpc) is 3.32. The van der Waals surface area contributed by atoms with Gasteiger partial charge in [-0.2, -0.15) is 10.4 Å². The minimum atomic E-state index is 0.0299. The molecule has 1 saturated carbocycles. The molecule has 1 aliphatic carbocycles. The Hall–Kier alpha value is -3.44. The smallest absolute Gasteiger partial charge is 0.228 e. The SMILES string of the molecule is N#Cc1cc(-c2ccn3nc(NC(=O)C4CC4)cc3c2)c(O[C@@H]2CCNC2)cn1. The van der Waals surface area contributed by atoms with Crippen LogP contribution in [0.5, 0.6) is 5.75 Å². The largest absolute Gasteiger partial charge is 0.487 e. The maximum absolute atomic E-state index is 12.0. The van der Waals surface area contributed by atoms with Gasteiger partial charge in [0.25, 0.3) is 0 Å². The first-order chi connectivity index (χ1) is 14.2. The summed E-state index contributed by atoms with van der Waals surface area (Å²) in [5.74, 6) is 1.35. The Kier molecular flexibility index (Phi) is 4.37. The van der Waals surface area contributed by atoms with E-state index in [1.54, 1.807) is 16.8 Å². The zero-order valence-electron chi connectivity index (χ0n) is 15.8. The van der Waals surface area contributed by atoms with Crippen molar-refractivity contribution in [2.75, 3.05) is 18.4 Å². The average molecular weight is 388 g/mol. The Morgan fingerprint density at radius 2 is 2.21 bits per heavy atom. The van der Waals surface area contributed by atoms with Gasteiger partial charge in [0.15, 0.2) is 5.82 Å². The predicted octanol–water partition coefficient (Wildman–Crippen LogP) is 2.36. The van der Waals surface area contributed by atoms with Gasteiger partial charge in [-0.1, -0.05) is 0 Å². The molecule has 2 fully saturated rings. The summed E-state index contributed by atoms with van der Waals surface area (Å²) < 4.78 is 7.87. The number of nitriles is 1. The molecule has 2 aliphatic rings. The number of ether oxygens (including phenoxy) is 1. The molecule has 1 saturated heterocycles. The van der Waals surface area contributed by atoms with Crippen molar-refractivity contribution in [3.05, 3.63) is 42.4 Å². The van der Waals surface area contributed by atoms with Gasteiger partial charge in [-0.15, -0.1) is 0 Å². The first-order valence-corrected chi connectivity index (χ1v) is 9.78. The summed E-state index contributed by atoms with van der Waals surface area (Å²) >= 11 is 0. The van der Waals surface area contributed by atoms with Gasteiger partial charge in [-0.3, -0.25) is 4.79 Å². The van der Waals surface area contributed by atoms with Crippen molar-refractivity contribution in [2.45, 2.75) is 25.4 Å². The summed E-state index contributed by atoms with van der Waals surface area (Å²) in [7, 11) is 0. The number of nitrogens with one attached hydrogen (secondary N) is 2. The summed E-state index contributed by atoms with van der Waals surface area (Å²) in [5.41, 5.74) is 2.90. The van der Waals surface area contributed by atoms with Crippen LogP contribution in [-0.4, -0.2) is 39.7 Å². The standard InChI is InChI=1S/C21H20N6O2/c22-10-15-8-18(19(12-24-15)29-17-3-5-23-11-17)14-4-6-27-16(7-14)9-20(26-27)25-21(28)13-1-2-13/h4,6-9,12-13,17,23H,1-3,5,11H2,(H,25,26,28)/t17-/m1/s1. The molecule has 146 valence electrons. The fourth-order valence-corrected chi connectivity index (χ4v) is 3.53. The lowest BCUT2D eigenvalue weighted by atomic mass is 10.1. The predicted molar refractivity (Wildman–Crippen MR) is 106 cm³/mol. The zero-order chi connectivity index (χ0) is 19.8. The molecule has 0 aromatic carbocycles. The first-order valence-electron chi connectivity index (χ1n) is 9.78. The van der Waals surface area contributed by atoms with Crippen LogP contribution in [0.3, 0.4) is 0 Å². The quantitative estimate of drug-likeness (QED) is 0.695. The Balaban J connectivity index is 1.48. The molecule has 3 aromatic heterocycles. The second kappa shape index (κ2) is 7.18. The van der Waals surface area contributed by atoms with Gasteiger partial charge in [0.2, 0.25) is 5.91 Å². The molecule has 1 amide bonds.